The van der Waals surface area contributed by atoms with Crippen molar-refractivity contribution in [2.45, 2.75) is 33.6 Å². The lowest BCUT2D eigenvalue weighted by atomic mass is 10.1. The van der Waals surface area contributed by atoms with Crippen LogP contribution in [0.25, 0.3) is 0 Å². The molecule has 7 heteroatoms. The lowest BCUT2D eigenvalue weighted by Crippen LogP contribution is -2.29. The number of nitrogens with zero attached hydrogens (tertiary/aromatic N) is 1. The van der Waals surface area contributed by atoms with E-state index in [4.69, 9.17) is 5.11 Å². The Kier molecular flexibility index (Phi) is 5.42. The molecule has 0 spiro atoms. The minimum absolute atomic E-state index is 0.114. The van der Waals surface area contributed by atoms with Crippen molar-refractivity contribution in [3.63, 3.8) is 0 Å². The number of aryl methyl sites for hydroxylation is 2. The standard InChI is InChI=1S/C13H19N3O4/c1-7(12(18)19)4-5-14-11(17)6-10-8(2)15-13(20)16-9(10)3/h7H,4-6H2,1-3H3,(H,14,17)(H,18,19)(H,15,16,20). The Morgan fingerprint density at radius 3 is 2.60 bits per heavy atom. The lowest BCUT2D eigenvalue weighted by molar-refractivity contribution is -0.141. The van der Waals surface area contributed by atoms with E-state index < -0.39 is 17.6 Å². The Hall–Kier alpha value is -2.18. The van der Waals surface area contributed by atoms with Crippen LogP contribution in [0.4, 0.5) is 0 Å². The van der Waals surface area contributed by atoms with Crippen LogP contribution >= 0.6 is 0 Å². The molecule has 0 saturated carbocycles. The third-order valence-electron chi connectivity index (χ3n) is 3.11. The molecular weight excluding hydrogens is 262 g/mol. The molecule has 0 aliphatic carbocycles. The van der Waals surface area contributed by atoms with Gasteiger partial charge in [0.25, 0.3) is 0 Å². The highest BCUT2D eigenvalue weighted by molar-refractivity contribution is 5.79. The van der Waals surface area contributed by atoms with Crippen LogP contribution in [0.3, 0.4) is 0 Å². The summed E-state index contributed by atoms with van der Waals surface area (Å²) in [4.78, 5) is 39.8. The maximum Gasteiger partial charge on any atom is 0.345 e. The molecule has 1 heterocycles. The molecule has 0 radical (unpaired) electrons. The molecule has 0 saturated heterocycles. The highest BCUT2D eigenvalue weighted by Gasteiger charge is 2.13. The Morgan fingerprint density at radius 2 is 2.05 bits per heavy atom. The number of nitrogens with one attached hydrogen (secondary N) is 2. The van der Waals surface area contributed by atoms with Crippen LogP contribution in [0.5, 0.6) is 0 Å². The van der Waals surface area contributed by atoms with Gasteiger partial charge in [-0.1, -0.05) is 6.92 Å². The van der Waals surface area contributed by atoms with Crippen LogP contribution in [0.1, 0.15) is 30.3 Å². The van der Waals surface area contributed by atoms with E-state index >= 15 is 0 Å². The minimum Gasteiger partial charge on any atom is -0.481 e. The predicted molar refractivity (Wildman–Crippen MR) is 72.5 cm³/mol. The van der Waals surface area contributed by atoms with Crippen molar-refractivity contribution < 1.29 is 14.7 Å². The number of H-pyrrole nitrogens is 1. The van der Waals surface area contributed by atoms with Gasteiger partial charge >= 0.3 is 11.7 Å². The number of aromatic nitrogens is 2. The van der Waals surface area contributed by atoms with E-state index in [-0.39, 0.29) is 12.3 Å². The normalized spacial score (nSPS) is 11.9. The Bertz CT molecular complexity index is 539. The molecule has 110 valence electrons. The number of carboxylic acids is 1. The summed E-state index contributed by atoms with van der Waals surface area (Å²) in [7, 11) is 0. The SMILES string of the molecule is Cc1nc(=O)[nH]c(C)c1CC(=O)NCCC(C)C(=O)O. The second-order valence-electron chi connectivity index (χ2n) is 4.79. The van der Waals surface area contributed by atoms with E-state index in [0.29, 0.717) is 29.9 Å². The Balaban J connectivity index is 2.55. The molecule has 0 aromatic carbocycles. The van der Waals surface area contributed by atoms with Gasteiger partial charge in [-0.2, -0.15) is 4.98 Å². The largest absolute Gasteiger partial charge is 0.481 e. The second kappa shape index (κ2) is 6.83. The van der Waals surface area contributed by atoms with E-state index in [1.165, 1.54) is 0 Å². The van der Waals surface area contributed by atoms with E-state index in [1.54, 1.807) is 20.8 Å². The highest BCUT2D eigenvalue weighted by atomic mass is 16.4. The van der Waals surface area contributed by atoms with Gasteiger partial charge in [0.1, 0.15) is 0 Å². The van der Waals surface area contributed by atoms with Crippen LogP contribution in [0.15, 0.2) is 4.79 Å². The molecule has 1 aromatic rings. The summed E-state index contributed by atoms with van der Waals surface area (Å²) in [5.74, 6) is -1.59. The molecule has 0 aliphatic rings. The van der Waals surface area contributed by atoms with Crippen LogP contribution < -0.4 is 11.0 Å². The first-order valence-electron chi connectivity index (χ1n) is 6.37. The second-order valence-corrected chi connectivity index (χ2v) is 4.79. The topological polar surface area (TPSA) is 112 Å². The molecule has 0 aliphatic heterocycles. The first kappa shape index (κ1) is 15.9. The van der Waals surface area contributed by atoms with Crippen LogP contribution in [0, 0.1) is 19.8 Å². The quantitative estimate of drug-likeness (QED) is 0.687. The number of carbonyl (C=O) groups excluding carboxylic acids is 1. The summed E-state index contributed by atoms with van der Waals surface area (Å²) in [6, 6.07) is 0. The van der Waals surface area contributed by atoms with Gasteiger partial charge in [0, 0.05) is 23.5 Å². The van der Waals surface area contributed by atoms with Crippen molar-refractivity contribution in [1.82, 2.24) is 15.3 Å². The van der Waals surface area contributed by atoms with E-state index in [0.717, 1.165) is 0 Å². The van der Waals surface area contributed by atoms with Gasteiger partial charge in [-0.15, -0.1) is 0 Å². The molecule has 1 unspecified atom stereocenters. The van der Waals surface area contributed by atoms with Crippen LogP contribution in [-0.4, -0.2) is 33.5 Å². The molecule has 0 fully saturated rings. The molecule has 1 rings (SSSR count). The number of amides is 1. The molecule has 1 amide bonds. The molecule has 0 bridgehead atoms. The van der Waals surface area contributed by atoms with Crippen molar-refractivity contribution in [2.24, 2.45) is 5.92 Å². The summed E-state index contributed by atoms with van der Waals surface area (Å²) in [5.41, 5.74) is 1.41. The van der Waals surface area contributed by atoms with Gasteiger partial charge in [-0.05, 0) is 20.3 Å². The van der Waals surface area contributed by atoms with E-state index in [1.807, 2.05) is 0 Å². The van der Waals surface area contributed by atoms with Crippen molar-refractivity contribution >= 4 is 11.9 Å². The van der Waals surface area contributed by atoms with Gasteiger partial charge in [-0.25, -0.2) is 4.79 Å². The minimum atomic E-state index is -0.879. The molecule has 1 atom stereocenters. The lowest BCUT2D eigenvalue weighted by Gasteiger charge is -2.10. The zero-order valence-electron chi connectivity index (χ0n) is 11.8. The highest BCUT2D eigenvalue weighted by Crippen LogP contribution is 2.07. The maximum atomic E-state index is 11.8. The van der Waals surface area contributed by atoms with Gasteiger partial charge < -0.3 is 15.4 Å². The predicted octanol–water partition coefficient (Wildman–Crippen LogP) is 0.156. The first-order valence-corrected chi connectivity index (χ1v) is 6.37. The molecule has 1 aromatic heterocycles. The number of rotatable bonds is 6. The summed E-state index contributed by atoms with van der Waals surface area (Å²) in [6.07, 6.45) is 0.492. The molecular formula is C13H19N3O4. The number of hydrogen-bond acceptors (Lipinski definition) is 4. The number of hydrogen-bond donors (Lipinski definition) is 3. The average molecular weight is 281 g/mol. The maximum absolute atomic E-state index is 11.8. The van der Waals surface area contributed by atoms with Crippen molar-refractivity contribution in [3.8, 4) is 0 Å². The number of carboxylic acid groups (broad SMARTS) is 1. The van der Waals surface area contributed by atoms with E-state index in [2.05, 4.69) is 15.3 Å². The smallest absolute Gasteiger partial charge is 0.345 e. The third-order valence-corrected chi connectivity index (χ3v) is 3.11. The summed E-state index contributed by atoms with van der Waals surface area (Å²) in [6.45, 7) is 5.29. The molecule has 7 nitrogen and oxygen atoms in total. The monoisotopic (exact) mass is 281 g/mol. The fourth-order valence-corrected chi connectivity index (χ4v) is 1.79. The number of aliphatic carboxylic acids is 1. The Labute approximate surface area is 116 Å². The summed E-state index contributed by atoms with van der Waals surface area (Å²) in [5, 5.41) is 11.4. The van der Waals surface area contributed by atoms with Crippen molar-refractivity contribution in [2.75, 3.05) is 6.54 Å². The third kappa shape index (κ3) is 4.49. The van der Waals surface area contributed by atoms with Crippen molar-refractivity contribution in [3.05, 3.63) is 27.4 Å². The summed E-state index contributed by atoms with van der Waals surface area (Å²) >= 11 is 0. The Morgan fingerprint density at radius 1 is 1.40 bits per heavy atom. The van der Waals surface area contributed by atoms with E-state index in [9.17, 15) is 14.4 Å². The van der Waals surface area contributed by atoms with Gasteiger partial charge in [0.2, 0.25) is 5.91 Å². The van der Waals surface area contributed by atoms with Crippen LogP contribution in [0.2, 0.25) is 0 Å². The van der Waals surface area contributed by atoms with Gasteiger partial charge in [0.05, 0.1) is 12.3 Å². The molecule has 20 heavy (non-hydrogen) atoms. The summed E-state index contributed by atoms with van der Waals surface area (Å²) < 4.78 is 0. The number of aromatic amines is 1. The molecule has 3 N–H and O–H groups in total. The fraction of sp³-hybridized carbons (Fsp3) is 0.538. The van der Waals surface area contributed by atoms with Crippen molar-refractivity contribution in [1.29, 1.82) is 0 Å². The number of carbonyl (C=O) groups is 2. The fourth-order valence-electron chi connectivity index (χ4n) is 1.79. The zero-order chi connectivity index (χ0) is 15.3. The zero-order valence-corrected chi connectivity index (χ0v) is 11.8. The van der Waals surface area contributed by atoms with Gasteiger partial charge in [0.15, 0.2) is 0 Å². The first-order chi connectivity index (χ1) is 9.31. The van der Waals surface area contributed by atoms with Crippen LogP contribution in [-0.2, 0) is 16.0 Å². The average Bonchev–Trinajstić information content (AvgIpc) is 2.33. The van der Waals surface area contributed by atoms with Gasteiger partial charge in [-0.3, -0.25) is 9.59 Å².